The lowest BCUT2D eigenvalue weighted by Gasteiger charge is -2.36. The number of hydrogen-bond donors (Lipinski definition) is 4. The summed E-state index contributed by atoms with van der Waals surface area (Å²) in [5.74, 6) is -0.875. The largest absolute Gasteiger partial charge is 0.387 e. The number of aliphatic hydroxyl groups excluding tert-OH is 3. The number of fused-ring (bicyclic) bond motifs is 3. The maximum atomic E-state index is 13.4. The van der Waals surface area contributed by atoms with Crippen LogP contribution in [0.2, 0.25) is 0 Å². The van der Waals surface area contributed by atoms with E-state index < -0.39 is 36.4 Å². The molecule has 2 aliphatic heterocycles. The molecule has 0 bridgehead atoms. The highest BCUT2D eigenvalue weighted by Crippen LogP contribution is 2.36. The van der Waals surface area contributed by atoms with E-state index in [4.69, 9.17) is 4.74 Å². The second-order valence-electron chi connectivity index (χ2n) is 10.4. The number of allylic oxidation sites excluding steroid dienone is 1. The second-order valence-corrected chi connectivity index (χ2v) is 10.4. The first kappa shape index (κ1) is 26.3. The molecule has 1 aromatic carbocycles. The highest BCUT2D eigenvalue weighted by Gasteiger charge is 2.40. The van der Waals surface area contributed by atoms with Crippen LogP contribution in [0.15, 0.2) is 36.4 Å². The van der Waals surface area contributed by atoms with Crippen LogP contribution >= 0.6 is 0 Å². The van der Waals surface area contributed by atoms with Crippen LogP contribution in [-0.4, -0.2) is 76.1 Å². The van der Waals surface area contributed by atoms with Crippen molar-refractivity contribution in [3.05, 3.63) is 47.5 Å². The fourth-order valence-corrected chi connectivity index (χ4v) is 4.72. The zero-order valence-electron chi connectivity index (χ0n) is 20.5. The van der Waals surface area contributed by atoms with Crippen molar-refractivity contribution < 1.29 is 29.6 Å². The van der Waals surface area contributed by atoms with Gasteiger partial charge in [0.2, 0.25) is 5.91 Å². The lowest BCUT2D eigenvalue weighted by atomic mass is 9.92. The first-order chi connectivity index (χ1) is 16.0. The molecule has 34 heavy (non-hydrogen) atoms. The number of nitrogens with zero attached hydrogens (tertiary/aromatic N) is 1. The fourth-order valence-electron chi connectivity index (χ4n) is 4.72. The van der Waals surface area contributed by atoms with Crippen molar-refractivity contribution in [3.8, 4) is 0 Å². The van der Waals surface area contributed by atoms with Gasteiger partial charge in [0, 0.05) is 20.1 Å². The molecule has 1 saturated heterocycles. The Bertz CT molecular complexity index is 896. The van der Waals surface area contributed by atoms with Crippen LogP contribution in [0.25, 0.3) is 0 Å². The maximum absolute atomic E-state index is 13.4. The monoisotopic (exact) mass is 474 g/mol. The zero-order chi connectivity index (χ0) is 25.0. The average molecular weight is 475 g/mol. The lowest BCUT2D eigenvalue weighted by Crippen LogP contribution is -2.56. The normalized spacial score (nSPS) is 24.6. The molecule has 1 aromatic rings. The number of nitrogens with one attached hydrogen (secondary N) is 1. The van der Waals surface area contributed by atoms with Gasteiger partial charge in [-0.25, -0.2) is 0 Å². The van der Waals surface area contributed by atoms with E-state index in [0.29, 0.717) is 13.0 Å². The van der Waals surface area contributed by atoms with Gasteiger partial charge in [-0.15, -0.1) is 0 Å². The van der Waals surface area contributed by atoms with E-state index in [1.807, 2.05) is 49.9 Å². The number of carbonyl (C=O) groups is 2. The third-order valence-corrected chi connectivity index (χ3v) is 6.55. The van der Waals surface area contributed by atoms with Gasteiger partial charge in [0.1, 0.15) is 24.4 Å². The van der Waals surface area contributed by atoms with Crippen molar-refractivity contribution in [1.29, 1.82) is 0 Å². The van der Waals surface area contributed by atoms with Gasteiger partial charge in [-0.05, 0) is 35.8 Å². The first-order valence-corrected chi connectivity index (χ1v) is 12.0. The summed E-state index contributed by atoms with van der Waals surface area (Å²) < 4.78 is 5.19. The van der Waals surface area contributed by atoms with Crippen LogP contribution in [0, 0.1) is 5.41 Å². The molecule has 0 spiro atoms. The molecule has 4 N–H and O–H groups in total. The molecule has 6 atom stereocenters. The molecule has 1 unspecified atom stereocenters. The van der Waals surface area contributed by atoms with Crippen molar-refractivity contribution in [2.75, 3.05) is 13.7 Å². The van der Waals surface area contributed by atoms with Crippen molar-refractivity contribution in [2.24, 2.45) is 5.41 Å². The molecule has 1 fully saturated rings. The predicted octanol–water partition coefficient (Wildman–Crippen LogP) is 1.48. The zero-order valence-corrected chi connectivity index (χ0v) is 20.5. The number of carbonyl (C=O) groups excluding carboxylic acids is 2. The van der Waals surface area contributed by atoms with Crippen LogP contribution in [0.5, 0.6) is 0 Å². The molecule has 3 rings (SSSR count). The van der Waals surface area contributed by atoms with E-state index in [0.717, 1.165) is 30.4 Å². The molecule has 0 aromatic heterocycles. The molecule has 2 amide bonds. The number of ether oxygens (including phenoxy) is 1. The molecule has 8 nitrogen and oxygen atoms in total. The van der Waals surface area contributed by atoms with Gasteiger partial charge in [-0.2, -0.15) is 0 Å². The van der Waals surface area contributed by atoms with Crippen molar-refractivity contribution >= 4 is 11.8 Å². The summed E-state index contributed by atoms with van der Waals surface area (Å²) in [6.45, 7) is 6.42. The van der Waals surface area contributed by atoms with E-state index >= 15 is 0 Å². The van der Waals surface area contributed by atoms with Gasteiger partial charge in [0.25, 0.3) is 5.91 Å². The Morgan fingerprint density at radius 2 is 1.88 bits per heavy atom. The van der Waals surface area contributed by atoms with Gasteiger partial charge >= 0.3 is 0 Å². The Hall–Kier alpha value is -2.26. The summed E-state index contributed by atoms with van der Waals surface area (Å²) >= 11 is 0. The minimum atomic E-state index is -1.69. The smallest absolute Gasteiger partial charge is 0.252 e. The summed E-state index contributed by atoms with van der Waals surface area (Å²) in [6.07, 6.45) is 0.0862. The lowest BCUT2D eigenvalue weighted by molar-refractivity contribution is -0.152. The summed E-state index contributed by atoms with van der Waals surface area (Å²) in [6, 6.07) is 7.09. The molecule has 188 valence electrons. The number of amides is 2. The van der Waals surface area contributed by atoms with Gasteiger partial charge < -0.3 is 30.3 Å². The molecule has 8 heteroatoms. The van der Waals surface area contributed by atoms with Crippen molar-refractivity contribution in [3.63, 3.8) is 0 Å². The third kappa shape index (κ3) is 6.05. The molecular formula is C26H38N2O6. The molecular weight excluding hydrogens is 436 g/mol. The highest BCUT2D eigenvalue weighted by atomic mass is 16.5. The molecule has 0 saturated carbocycles. The summed E-state index contributed by atoms with van der Waals surface area (Å²) in [5.41, 5.74) is 1.89. The Morgan fingerprint density at radius 3 is 2.56 bits per heavy atom. The predicted molar refractivity (Wildman–Crippen MR) is 128 cm³/mol. The summed E-state index contributed by atoms with van der Waals surface area (Å²) in [7, 11) is 1.24. The number of aliphatic hydroxyl groups is 3. The molecule has 2 aliphatic rings. The Kier molecular flexibility index (Phi) is 8.52. The minimum absolute atomic E-state index is 0.00487. The minimum Gasteiger partial charge on any atom is -0.387 e. The van der Waals surface area contributed by atoms with Crippen LogP contribution in [-0.2, 0) is 20.7 Å². The van der Waals surface area contributed by atoms with Crippen LogP contribution in [0.3, 0.4) is 0 Å². The van der Waals surface area contributed by atoms with E-state index in [-0.39, 0.29) is 17.4 Å². The summed E-state index contributed by atoms with van der Waals surface area (Å²) in [4.78, 5) is 28.3. The fraction of sp³-hybridized carbons (Fsp3) is 0.615. The molecule has 2 heterocycles. The molecule has 0 aliphatic carbocycles. The van der Waals surface area contributed by atoms with E-state index in [1.54, 1.807) is 6.08 Å². The molecule has 0 radical (unpaired) electrons. The van der Waals surface area contributed by atoms with Gasteiger partial charge in [-0.1, -0.05) is 57.2 Å². The van der Waals surface area contributed by atoms with Crippen LogP contribution in [0.1, 0.15) is 57.2 Å². The Balaban J connectivity index is 1.76. The quantitative estimate of drug-likeness (QED) is 0.445. The average Bonchev–Trinajstić information content (AvgIpc) is 2.92. The van der Waals surface area contributed by atoms with Crippen LogP contribution < -0.4 is 5.32 Å². The topological polar surface area (TPSA) is 119 Å². The van der Waals surface area contributed by atoms with Gasteiger partial charge in [0.05, 0.1) is 6.04 Å². The van der Waals surface area contributed by atoms with E-state index in [1.165, 1.54) is 13.2 Å². The standard InChI is InChI=1S/C26H38N2O6/c1-26(2,3)13-12-20(29)21(30)22(31)23(34-4)24(32)27-18-15-16-9-5-6-10-17(16)19-11-7-8-14-28(19)25(18)33/h5-6,9-10,12-13,18-23,29-31H,7-8,11,14-15H2,1-4H3,(H,27,32)/t18-,19?,20+,21-,22+,23+/m0/s1. The SMILES string of the molecule is CO[C@@H](C(=O)N[C@H]1Cc2ccccc2C2CCCCN2C1=O)[C@H](O)[C@@H](O)[C@H](O)C=CC(C)(C)C. The Labute approximate surface area is 201 Å². The number of hydrogen-bond acceptors (Lipinski definition) is 6. The second kappa shape index (κ2) is 11.0. The van der Waals surface area contributed by atoms with E-state index in [9.17, 15) is 24.9 Å². The van der Waals surface area contributed by atoms with Gasteiger partial charge in [-0.3, -0.25) is 9.59 Å². The summed E-state index contributed by atoms with van der Waals surface area (Å²) in [5, 5.41) is 34.1. The number of piperidine rings is 1. The first-order valence-electron chi connectivity index (χ1n) is 12.0. The highest BCUT2D eigenvalue weighted by molar-refractivity contribution is 5.90. The Morgan fingerprint density at radius 1 is 1.18 bits per heavy atom. The maximum Gasteiger partial charge on any atom is 0.252 e. The van der Waals surface area contributed by atoms with Crippen LogP contribution in [0.4, 0.5) is 0 Å². The van der Waals surface area contributed by atoms with Crippen molar-refractivity contribution in [1.82, 2.24) is 10.2 Å². The number of methoxy groups -OCH3 is 1. The van der Waals surface area contributed by atoms with Gasteiger partial charge in [0.15, 0.2) is 6.10 Å². The van der Waals surface area contributed by atoms with E-state index in [2.05, 4.69) is 5.32 Å². The van der Waals surface area contributed by atoms with Crippen molar-refractivity contribution in [2.45, 2.75) is 83.0 Å². The number of rotatable bonds is 7. The number of benzene rings is 1. The third-order valence-electron chi connectivity index (χ3n) is 6.55.